The van der Waals surface area contributed by atoms with Gasteiger partial charge in [-0.2, -0.15) is 0 Å². The molecule has 31 heavy (non-hydrogen) atoms. The van der Waals surface area contributed by atoms with Gasteiger partial charge in [0, 0.05) is 41.6 Å². The van der Waals surface area contributed by atoms with Crippen LogP contribution in [-0.2, 0) is 11.8 Å². The highest BCUT2D eigenvalue weighted by atomic mass is 79.9. The van der Waals surface area contributed by atoms with E-state index in [0.717, 1.165) is 15.6 Å². The molecule has 8 heteroatoms. The van der Waals surface area contributed by atoms with Crippen molar-refractivity contribution < 1.29 is 19.0 Å². The van der Waals surface area contributed by atoms with Crippen LogP contribution in [0.1, 0.15) is 23.0 Å². The van der Waals surface area contributed by atoms with Gasteiger partial charge in [0.05, 0.1) is 21.3 Å². The maximum Gasteiger partial charge on any atom is 0.244 e. The van der Waals surface area contributed by atoms with Crippen LogP contribution in [0, 0.1) is 0 Å². The first-order chi connectivity index (χ1) is 14.9. The van der Waals surface area contributed by atoms with Gasteiger partial charge in [-0.1, -0.05) is 15.9 Å². The van der Waals surface area contributed by atoms with E-state index in [1.165, 1.54) is 6.08 Å². The smallest absolute Gasteiger partial charge is 0.244 e. The van der Waals surface area contributed by atoms with E-state index in [9.17, 15) is 4.79 Å². The molecule has 0 aliphatic carbocycles. The first kappa shape index (κ1) is 22.4. The Labute approximate surface area is 189 Å². The molecule has 3 rings (SSSR count). The number of halogens is 1. The monoisotopic (exact) mass is 485 g/mol. The van der Waals surface area contributed by atoms with Gasteiger partial charge >= 0.3 is 0 Å². The van der Waals surface area contributed by atoms with Crippen molar-refractivity contribution >= 4 is 27.9 Å². The summed E-state index contributed by atoms with van der Waals surface area (Å²) in [6.07, 6.45) is 6.69. The molecule has 0 aliphatic rings. The number of hydrogen-bond acceptors (Lipinski definition) is 5. The number of benzene rings is 2. The number of amides is 1. The zero-order chi connectivity index (χ0) is 22.4. The van der Waals surface area contributed by atoms with Gasteiger partial charge in [-0.3, -0.25) is 4.79 Å². The predicted octanol–water partition coefficient (Wildman–Crippen LogP) is 4.13. The molecule has 1 heterocycles. The highest BCUT2D eigenvalue weighted by molar-refractivity contribution is 9.10. The van der Waals surface area contributed by atoms with Crippen molar-refractivity contribution in [2.75, 3.05) is 21.3 Å². The minimum Gasteiger partial charge on any atom is -0.497 e. The highest BCUT2D eigenvalue weighted by Gasteiger charge is 2.21. The molecule has 1 atom stereocenters. The van der Waals surface area contributed by atoms with E-state index in [4.69, 9.17) is 14.2 Å². The number of imidazole rings is 1. The van der Waals surface area contributed by atoms with Crippen LogP contribution in [0.5, 0.6) is 17.2 Å². The van der Waals surface area contributed by atoms with Crippen molar-refractivity contribution in [2.45, 2.75) is 6.04 Å². The molecule has 0 saturated carbocycles. The maximum atomic E-state index is 12.9. The highest BCUT2D eigenvalue weighted by Crippen LogP contribution is 2.29. The molecule has 3 aromatic rings. The van der Waals surface area contributed by atoms with Crippen LogP contribution in [0.3, 0.4) is 0 Å². The second-order valence-electron chi connectivity index (χ2n) is 6.70. The molecule has 0 saturated heterocycles. The van der Waals surface area contributed by atoms with Gasteiger partial charge in [0.15, 0.2) is 0 Å². The minimum absolute atomic E-state index is 0.281. The average molecular weight is 486 g/mol. The van der Waals surface area contributed by atoms with Crippen molar-refractivity contribution in [2.24, 2.45) is 7.05 Å². The molecule has 2 aromatic carbocycles. The average Bonchev–Trinajstić information content (AvgIpc) is 3.21. The maximum absolute atomic E-state index is 12.9. The third-order valence-electron chi connectivity index (χ3n) is 4.72. The van der Waals surface area contributed by atoms with E-state index in [2.05, 4.69) is 26.2 Å². The van der Waals surface area contributed by atoms with Crippen molar-refractivity contribution in [3.8, 4) is 17.2 Å². The summed E-state index contributed by atoms with van der Waals surface area (Å²) in [6.45, 7) is 0. The van der Waals surface area contributed by atoms with Crippen LogP contribution in [0.15, 0.2) is 59.3 Å². The standard InChI is InChI=1S/C23H24BrN3O4/c1-27-10-9-25-23(27)22(16-12-18(29-2)14-19(13-16)30-3)26-21(28)8-5-15-11-17(24)6-7-20(15)31-4/h5-14,22H,1-4H3,(H,26,28)/b8-5+. The lowest BCUT2D eigenvalue weighted by atomic mass is 10.0. The fourth-order valence-electron chi connectivity index (χ4n) is 3.14. The van der Waals surface area contributed by atoms with E-state index in [1.807, 2.05) is 48.1 Å². The van der Waals surface area contributed by atoms with Crippen LogP contribution in [0.25, 0.3) is 6.08 Å². The number of nitrogens with zero attached hydrogens (tertiary/aromatic N) is 2. The topological polar surface area (TPSA) is 74.6 Å². The van der Waals surface area contributed by atoms with Crippen molar-refractivity contribution in [1.29, 1.82) is 0 Å². The molecule has 0 bridgehead atoms. The quantitative estimate of drug-likeness (QED) is 0.485. The summed E-state index contributed by atoms with van der Waals surface area (Å²) in [5.41, 5.74) is 1.57. The molecule has 1 amide bonds. The zero-order valence-corrected chi connectivity index (χ0v) is 19.3. The molecule has 1 aromatic heterocycles. The lowest BCUT2D eigenvalue weighted by molar-refractivity contribution is -0.117. The summed E-state index contributed by atoms with van der Waals surface area (Å²) >= 11 is 3.44. The van der Waals surface area contributed by atoms with E-state index in [-0.39, 0.29) is 5.91 Å². The van der Waals surface area contributed by atoms with Crippen LogP contribution in [0.4, 0.5) is 0 Å². The number of rotatable bonds is 8. The number of nitrogens with one attached hydrogen (secondary N) is 1. The largest absolute Gasteiger partial charge is 0.497 e. The predicted molar refractivity (Wildman–Crippen MR) is 122 cm³/mol. The number of carbonyl (C=O) groups is 1. The van der Waals surface area contributed by atoms with Gasteiger partial charge in [-0.05, 0) is 42.0 Å². The molecule has 0 spiro atoms. The van der Waals surface area contributed by atoms with E-state index in [1.54, 1.807) is 39.7 Å². The van der Waals surface area contributed by atoms with Gasteiger partial charge < -0.3 is 24.1 Å². The summed E-state index contributed by atoms with van der Waals surface area (Å²) in [5, 5.41) is 3.03. The van der Waals surface area contributed by atoms with Gasteiger partial charge in [-0.15, -0.1) is 0 Å². The van der Waals surface area contributed by atoms with Gasteiger partial charge in [0.25, 0.3) is 0 Å². The van der Waals surface area contributed by atoms with Gasteiger partial charge in [0.2, 0.25) is 5.91 Å². The van der Waals surface area contributed by atoms with Crippen molar-refractivity contribution in [1.82, 2.24) is 14.9 Å². The molecule has 1 N–H and O–H groups in total. The molecule has 1 unspecified atom stereocenters. The molecule has 7 nitrogen and oxygen atoms in total. The van der Waals surface area contributed by atoms with E-state index < -0.39 is 6.04 Å². The van der Waals surface area contributed by atoms with Crippen LogP contribution >= 0.6 is 15.9 Å². The lowest BCUT2D eigenvalue weighted by Gasteiger charge is -2.20. The SMILES string of the molecule is COc1cc(OC)cc(C(NC(=O)/C=C/c2cc(Br)ccc2OC)c2nccn2C)c1. The Bertz CT molecular complexity index is 1070. The molecule has 0 aliphatic heterocycles. The molecular formula is C23H24BrN3O4. The van der Waals surface area contributed by atoms with E-state index in [0.29, 0.717) is 23.1 Å². The normalized spacial score (nSPS) is 11.9. The Kier molecular flexibility index (Phi) is 7.36. The number of methoxy groups -OCH3 is 3. The summed E-state index contributed by atoms with van der Waals surface area (Å²) < 4.78 is 18.9. The lowest BCUT2D eigenvalue weighted by Crippen LogP contribution is -2.29. The Morgan fingerprint density at radius 1 is 1.10 bits per heavy atom. The number of carbonyl (C=O) groups excluding carboxylic acids is 1. The minimum atomic E-state index is -0.509. The van der Waals surface area contributed by atoms with Gasteiger partial charge in [0.1, 0.15) is 29.1 Å². The molecule has 0 fully saturated rings. The third kappa shape index (κ3) is 5.46. The van der Waals surface area contributed by atoms with Crippen molar-refractivity contribution in [3.05, 3.63) is 76.3 Å². The molecule has 0 radical (unpaired) electrons. The first-order valence-electron chi connectivity index (χ1n) is 9.47. The second kappa shape index (κ2) is 10.2. The summed E-state index contributed by atoms with van der Waals surface area (Å²) in [4.78, 5) is 17.3. The summed E-state index contributed by atoms with van der Waals surface area (Å²) in [7, 11) is 6.64. The number of hydrogen-bond donors (Lipinski definition) is 1. The Hall–Kier alpha value is -3.26. The second-order valence-corrected chi connectivity index (χ2v) is 7.62. The van der Waals surface area contributed by atoms with Crippen LogP contribution < -0.4 is 19.5 Å². The van der Waals surface area contributed by atoms with Crippen LogP contribution in [-0.4, -0.2) is 36.8 Å². The fraction of sp³-hybridized carbons (Fsp3) is 0.217. The Balaban J connectivity index is 1.93. The van der Waals surface area contributed by atoms with E-state index >= 15 is 0 Å². The first-order valence-corrected chi connectivity index (χ1v) is 10.3. The van der Waals surface area contributed by atoms with Gasteiger partial charge in [-0.25, -0.2) is 4.98 Å². The molecular weight excluding hydrogens is 462 g/mol. The fourth-order valence-corrected chi connectivity index (χ4v) is 3.52. The molecule has 162 valence electrons. The summed E-state index contributed by atoms with van der Waals surface area (Å²) in [5.74, 6) is 2.31. The zero-order valence-electron chi connectivity index (χ0n) is 17.8. The van der Waals surface area contributed by atoms with Crippen molar-refractivity contribution in [3.63, 3.8) is 0 Å². The Morgan fingerprint density at radius 3 is 2.39 bits per heavy atom. The Morgan fingerprint density at radius 2 is 1.81 bits per heavy atom. The number of ether oxygens (including phenoxy) is 3. The number of aromatic nitrogens is 2. The summed E-state index contributed by atoms with van der Waals surface area (Å²) in [6, 6.07) is 10.6. The third-order valence-corrected chi connectivity index (χ3v) is 5.21. The van der Waals surface area contributed by atoms with Crippen LogP contribution in [0.2, 0.25) is 0 Å². The number of aryl methyl sites for hydroxylation is 1.